The molecule has 1 aliphatic rings. The summed E-state index contributed by atoms with van der Waals surface area (Å²) in [4.78, 5) is 15.9. The molecule has 1 aromatic rings. The standard InChI is InChI=1S/C16H20ClF3N2O3/c1-24-6-7-25-12-4-2-11(3-5-12)21-15(23)13-8-10(16(18,19)20)9-14(17)22-13/h8-9,11-12H,2-7H2,1H3,(H,21,23). The lowest BCUT2D eigenvalue weighted by Gasteiger charge is -2.29. The highest BCUT2D eigenvalue weighted by atomic mass is 35.5. The summed E-state index contributed by atoms with van der Waals surface area (Å²) in [6, 6.07) is 1.28. The first-order chi connectivity index (χ1) is 11.8. The molecule has 5 nitrogen and oxygen atoms in total. The quantitative estimate of drug-likeness (QED) is 0.606. The van der Waals surface area contributed by atoms with Crippen LogP contribution >= 0.6 is 11.6 Å². The van der Waals surface area contributed by atoms with E-state index in [-0.39, 0.29) is 23.0 Å². The van der Waals surface area contributed by atoms with Gasteiger partial charge in [0.05, 0.1) is 24.9 Å². The lowest BCUT2D eigenvalue weighted by atomic mass is 9.93. The average Bonchev–Trinajstić information content (AvgIpc) is 2.55. The summed E-state index contributed by atoms with van der Waals surface area (Å²) in [7, 11) is 1.60. The lowest BCUT2D eigenvalue weighted by Crippen LogP contribution is -2.39. The molecule has 1 amide bonds. The van der Waals surface area contributed by atoms with Gasteiger partial charge in [0, 0.05) is 13.2 Å². The van der Waals surface area contributed by atoms with Gasteiger partial charge in [0.25, 0.3) is 5.91 Å². The first-order valence-electron chi connectivity index (χ1n) is 7.95. The van der Waals surface area contributed by atoms with Gasteiger partial charge < -0.3 is 14.8 Å². The molecular weight excluding hydrogens is 361 g/mol. The van der Waals surface area contributed by atoms with Gasteiger partial charge in [-0.25, -0.2) is 4.98 Å². The maximum atomic E-state index is 12.8. The van der Waals surface area contributed by atoms with Crippen LogP contribution in [0.25, 0.3) is 0 Å². The number of ether oxygens (including phenoxy) is 2. The molecule has 1 N–H and O–H groups in total. The second kappa shape index (κ2) is 8.82. The molecule has 0 atom stereocenters. The van der Waals surface area contributed by atoms with Gasteiger partial charge in [0.15, 0.2) is 0 Å². The highest BCUT2D eigenvalue weighted by molar-refractivity contribution is 6.29. The molecule has 0 saturated heterocycles. The van der Waals surface area contributed by atoms with Crippen molar-refractivity contribution < 1.29 is 27.4 Å². The number of halogens is 4. The van der Waals surface area contributed by atoms with E-state index in [0.717, 1.165) is 12.8 Å². The Morgan fingerprint density at radius 2 is 1.96 bits per heavy atom. The molecule has 0 aromatic carbocycles. The van der Waals surface area contributed by atoms with E-state index < -0.39 is 17.6 Å². The van der Waals surface area contributed by atoms with Crippen molar-refractivity contribution in [2.75, 3.05) is 20.3 Å². The van der Waals surface area contributed by atoms with Crippen molar-refractivity contribution in [2.45, 2.75) is 44.0 Å². The van der Waals surface area contributed by atoms with Crippen LogP contribution in [0.15, 0.2) is 12.1 Å². The van der Waals surface area contributed by atoms with Gasteiger partial charge in [-0.3, -0.25) is 4.79 Å². The summed E-state index contributed by atoms with van der Waals surface area (Å²) in [5.41, 5.74) is -1.33. The number of nitrogens with zero attached hydrogens (tertiary/aromatic N) is 1. The highest BCUT2D eigenvalue weighted by Crippen LogP contribution is 2.31. The molecule has 0 unspecified atom stereocenters. The van der Waals surface area contributed by atoms with E-state index in [9.17, 15) is 18.0 Å². The summed E-state index contributed by atoms with van der Waals surface area (Å²) in [6.45, 7) is 1.05. The number of alkyl halides is 3. The van der Waals surface area contributed by atoms with Gasteiger partial charge in [0.1, 0.15) is 10.8 Å². The van der Waals surface area contributed by atoms with Gasteiger partial charge in [-0.1, -0.05) is 11.6 Å². The monoisotopic (exact) mass is 380 g/mol. The Hall–Kier alpha value is -1.38. The molecule has 0 radical (unpaired) electrons. The van der Waals surface area contributed by atoms with Gasteiger partial charge in [-0.05, 0) is 37.8 Å². The number of rotatable bonds is 6. The fourth-order valence-corrected chi connectivity index (χ4v) is 2.92. The molecule has 2 rings (SSSR count). The molecule has 1 heterocycles. The molecule has 1 aliphatic carbocycles. The number of nitrogens with one attached hydrogen (secondary N) is 1. The first-order valence-corrected chi connectivity index (χ1v) is 8.33. The largest absolute Gasteiger partial charge is 0.416 e. The second-order valence-electron chi connectivity index (χ2n) is 5.87. The SMILES string of the molecule is COCCOC1CCC(NC(=O)c2cc(C(F)(F)F)cc(Cl)n2)CC1. The third kappa shape index (κ3) is 6.13. The molecule has 1 aromatic heterocycles. The summed E-state index contributed by atoms with van der Waals surface area (Å²) in [6.07, 6.45) is -1.55. The average molecular weight is 381 g/mol. The Kier molecular flexibility index (Phi) is 7.04. The van der Waals surface area contributed by atoms with E-state index in [4.69, 9.17) is 21.1 Å². The van der Waals surface area contributed by atoms with E-state index in [1.807, 2.05) is 0 Å². The Morgan fingerprint density at radius 3 is 2.56 bits per heavy atom. The number of pyridine rings is 1. The highest BCUT2D eigenvalue weighted by Gasteiger charge is 2.32. The van der Waals surface area contributed by atoms with Crippen LogP contribution in [-0.4, -0.2) is 43.4 Å². The van der Waals surface area contributed by atoms with Crippen molar-refractivity contribution >= 4 is 17.5 Å². The smallest absolute Gasteiger partial charge is 0.382 e. The first kappa shape index (κ1) is 19.9. The minimum atomic E-state index is -4.58. The Labute approximate surface area is 148 Å². The molecular formula is C16H20ClF3N2O3. The van der Waals surface area contributed by atoms with E-state index in [2.05, 4.69) is 10.3 Å². The van der Waals surface area contributed by atoms with Crippen molar-refractivity contribution in [3.63, 3.8) is 0 Å². The second-order valence-corrected chi connectivity index (χ2v) is 6.26. The van der Waals surface area contributed by atoms with Crippen LogP contribution in [-0.2, 0) is 15.7 Å². The molecule has 1 fully saturated rings. The third-order valence-electron chi connectivity index (χ3n) is 4.00. The zero-order valence-corrected chi connectivity index (χ0v) is 14.5. The number of methoxy groups -OCH3 is 1. The van der Waals surface area contributed by atoms with Gasteiger partial charge in [0.2, 0.25) is 0 Å². The summed E-state index contributed by atoms with van der Waals surface area (Å²) < 4.78 is 49.0. The maximum Gasteiger partial charge on any atom is 0.416 e. The van der Waals surface area contributed by atoms with Crippen LogP contribution < -0.4 is 5.32 Å². The van der Waals surface area contributed by atoms with E-state index >= 15 is 0 Å². The minimum Gasteiger partial charge on any atom is -0.382 e. The Bertz CT molecular complexity index is 590. The van der Waals surface area contributed by atoms with Crippen LogP contribution in [0.3, 0.4) is 0 Å². The molecule has 9 heteroatoms. The predicted molar refractivity (Wildman–Crippen MR) is 85.6 cm³/mol. The van der Waals surface area contributed by atoms with Crippen LogP contribution in [0.4, 0.5) is 13.2 Å². The predicted octanol–water partition coefficient (Wildman–Crippen LogP) is 3.46. The van der Waals surface area contributed by atoms with Gasteiger partial charge in [-0.2, -0.15) is 13.2 Å². The summed E-state index contributed by atoms with van der Waals surface area (Å²) in [5.74, 6) is -0.656. The molecule has 25 heavy (non-hydrogen) atoms. The molecule has 140 valence electrons. The van der Waals surface area contributed by atoms with E-state index in [1.54, 1.807) is 7.11 Å². The lowest BCUT2D eigenvalue weighted by molar-refractivity contribution is -0.137. The number of hydrogen-bond acceptors (Lipinski definition) is 4. The van der Waals surface area contributed by atoms with Crippen molar-refractivity contribution in [1.29, 1.82) is 0 Å². The zero-order valence-electron chi connectivity index (χ0n) is 13.7. The molecule has 0 spiro atoms. The van der Waals surface area contributed by atoms with Crippen LogP contribution in [0, 0.1) is 0 Å². The van der Waals surface area contributed by atoms with Crippen molar-refractivity contribution in [3.8, 4) is 0 Å². The number of hydrogen-bond donors (Lipinski definition) is 1. The van der Waals surface area contributed by atoms with E-state index in [0.29, 0.717) is 38.2 Å². The fraction of sp³-hybridized carbons (Fsp3) is 0.625. The molecule has 0 aliphatic heterocycles. The Balaban J connectivity index is 1.90. The molecule has 0 bridgehead atoms. The molecule has 1 saturated carbocycles. The number of aromatic nitrogens is 1. The third-order valence-corrected chi connectivity index (χ3v) is 4.20. The number of carbonyl (C=O) groups excluding carboxylic acids is 1. The normalized spacial score (nSPS) is 21.2. The number of amides is 1. The maximum absolute atomic E-state index is 12.8. The van der Waals surface area contributed by atoms with Crippen LogP contribution in [0.2, 0.25) is 5.15 Å². The van der Waals surface area contributed by atoms with E-state index in [1.165, 1.54) is 0 Å². The summed E-state index contributed by atoms with van der Waals surface area (Å²) in [5, 5.41) is 2.36. The van der Waals surface area contributed by atoms with Crippen LogP contribution in [0.5, 0.6) is 0 Å². The van der Waals surface area contributed by atoms with Crippen LogP contribution in [0.1, 0.15) is 41.7 Å². The number of carbonyl (C=O) groups is 1. The van der Waals surface area contributed by atoms with Gasteiger partial charge >= 0.3 is 6.18 Å². The van der Waals surface area contributed by atoms with Crippen molar-refractivity contribution in [2.24, 2.45) is 0 Å². The zero-order chi connectivity index (χ0) is 18.4. The Morgan fingerprint density at radius 1 is 1.28 bits per heavy atom. The topological polar surface area (TPSA) is 60.5 Å². The van der Waals surface area contributed by atoms with Crippen molar-refractivity contribution in [1.82, 2.24) is 10.3 Å². The summed E-state index contributed by atoms with van der Waals surface area (Å²) >= 11 is 5.60. The van der Waals surface area contributed by atoms with Gasteiger partial charge in [-0.15, -0.1) is 0 Å². The van der Waals surface area contributed by atoms with Crippen molar-refractivity contribution in [3.05, 3.63) is 28.5 Å². The fourth-order valence-electron chi connectivity index (χ4n) is 2.71. The minimum absolute atomic E-state index is 0.115.